The minimum absolute atomic E-state index is 0.0164. The molecule has 2 rings (SSSR count). The van der Waals surface area contributed by atoms with Crippen LogP contribution in [0.2, 0.25) is 5.28 Å². The molecule has 1 aromatic rings. The van der Waals surface area contributed by atoms with Crippen molar-refractivity contribution in [1.29, 1.82) is 0 Å². The third-order valence-electron chi connectivity index (χ3n) is 2.55. The summed E-state index contributed by atoms with van der Waals surface area (Å²) >= 11 is 5.55. The zero-order valence-electron chi connectivity index (χ0n) is 9.19. The highest BCUT2D eigenvalue weighted by atomic mass is 35.5. The minimum Gasteiger partial charge on any atom is -0.470 e. The highest BCUT2D eigenvalue weighted by Gasteiger charge is 2.26. The molecule has 0 spiro atoms. The Morgan fingerprint density at radius 2 is 2.47 bits per heavy atom. The number of likely N-dealkylation sites (tertiary alicyclic amines) is 1. The second-order valence-electron chi connectivity index (χ2n) is 3.79. The van der Waals surface area contributed by atoms with Crippen LogP contribution in [0, 0.1) is 5.82 Å². The van der Waals surface area contributed by atoms with Gasteiger partial charge in [0.15, 0.2) is 0 Å². The van der Waals surface area contributed by atoms with Crippen molar-refractivity contribution in [2.75, 3.05) is 13.1 Å². The lowest BCUT2D eigenvalue weighted by Crippen LogP contribution is -2.29. The molecular weight excluding hydrogens is 249 g/mol. The molecule has 0 unspecified atom stereocenters. The van der Waals surface area contributed by atoms with Gasteiger partial charge >= 0.3 is 0 Å². The van der Waals surface area contributed by atoms with Crippen molar-refractivity contribution in [3.8, 4) is 5.88 Å². The molecule has 1 fully saturated rings. The van der Waals surface area contributed by atoms with E-state index in [9.17, 15) is 9.18 Å². The Hall–Kier alpha value is -1.43. The maximum atomic E-state index is 13.3. The molecule has 5 nitrogen and oxygen atoms in total. The van der Waals surface area contributed by atoms with Crippen molar-refractivity contribution in [2.24, 2.45) is 0 Å². The SMILES string of the molecule is CC(=O)N1CC[C@H](Oc2nc(Cl)ncc2F)C1. The van der Waals surface area contributed by atoms with Gasteiger partial charge in [-0.15, -0.1) is 0 Å². The molecule has 92 valence electrons. The normalized spacial score (nSPS) is 19.5. The molecule has 1 saturated heterocycles. The summed E-state index contributed by atoms with van der Waals surface area (Å²) in [5.74, 6) is -0.839. The largest absolute Gasteiger partial charge is 0.470 e. The molecule has 0 aromatic carbocycles. The maximum Gasteiger partial charge on any atom is 0.255 e. The van der Waals surface area contributed by atoms with Crippen LogP contribution >= 0.6 is 11.6 Å². The van der Waals surface area contributed by atoms with E-state index in [0.717, 1.165) is 6.20 Å². The Balaban J connectivity index is 2.02. The number of halogens is 2. The Kier molecular flexibility index (Phi) is 3.42. The second-order valence-corrected chi connectivity index (χ2v) is 4.12. The Morgan fingerprint density at radius 1 is 1.71 bits per heavy atom. The van der Waals surface area contributed by atoms with E-state index in [4.69, 9.17) is 16.3 Å². The van der Waals surface area contributed by atoms with Crippen LogP contribution in [0.15, 0.2) is 6.20 Å². The summed E-state index contributed by atoms with van der Waals surface area (Å²) in [6.45, 7) is 2.54. The molecule has 1 atom stereocenters. The Labute approximate surface area is 103 Å². The maximum absolute atomic E-state index is 13.3. The van der Waals surface area contributed by atoms with E-state index < -0.39 is 5.82 Å². The van der Waals surface area contributed by atoms with Gasteiger partial charge in [0.1, 0.15) is 6.10 Å². The first-order valence-corrected chi connectivity index (χ1v) is 5.54. The average Bonchev–Trinajstić information content (AvgIpc) is 2.72. The number of ether oxygens (including phenoxy) is 1. The molecule has 0 N–H and O–H groups in total. The van der Waals surface area contributed by atoms with Gasteiger partial charge in [0.2, 0.25) is 17.0 Å². The summed E-state index contributed by atoms with van der Waals surface area (Å²) in [7, 11) is 0. The van der Waals surface area contributed by atoms with Crippen LogP contribution in [0.1, 0.15) is 13.3 Å². The highest BCUT2D eigenvalue weighted by molar-refractivity contribution is 6.28. The van der Waals surface area contributed by atoms with Crippen molar-refractivity contribution in [2.45, 2.75) is 19.4 Å². The Bertz CT molecular complexity index is 444. The van der Waals surface area contributed by atoms with Crippen molar-refractivity contribution in [3.05, 3.63) is 17.3 Å². The second kappa shape index (κ2) is 4.83. The van der Waals surface area contributed by atoms with E-state index in [1.54, 1.807) is 4.90 Å². The molecule has 7 heteroatoms. The molecule has 1 aromatic heterocycles. The van der Waals surface area contributed by atoms with E-state index in [1.165, 1.54) is 6.92 Å². The fraction of sp³-hybridized carbons (Fsp3) is 0.500. The standard InChI is InChI=1S/C10H11ClFN3O2/c1-6(16)15-3-2-7(5-15)17-9-8(12)4-13-10(11)14-9/h4,7H,2-3,5H2,1H3/t7-/m0/s1. The van der Waals surface area contributed by atoms with Crippen LogP contribution in [-0.4, -0.2) is 40.0 Å². The summed E-state index contributed by atoms with van der Waals surface area (Å²) in [6, 6.07) is 0. The van der Waals surface area contributed by atoms with Crippen molar-refractivity contribution < 1.29 is 13.9 Å². The smallest absolute Gasteiger partial charge is 0.255 e. The van der Waals surface area contributed by atoms with E-state index in [2.05, 4.69) is 9.97 Å². The van der Waals surface area contributed by atoms with Gasteiger partial charge < -0.3 is 9.64 Å². The predicted octanol–water partition coefficient (Wildman–Crippen LogP) is 1.27. The van der Waals surface area contributed by atoms with Gasteiger partial charge in [-0.2, -0.15) is 9.37 Å². The number of hydrogen-bond acceptors (Lipinski definition) is 4. The predicted molar refractivity (Wildman–Crippen MR) is 58.3 cm³/mol. The zero-order valence-corrected chi connectivity index (χ0v) is 9.95. The first-order valence-electron chi connectivity index (χ1n) is 5.16. The number of carbonyl (C=O) groups is 1. The molecule has 1 aliphatic heterocycles. The van der Waals surface area contributed by atoms with E-state index in [0.29, 0.717) is 19.5 Å². The lowest BCUT2D eigenvalue weighted by atomic mass is 10.3. The number of aromatic nitrogens is 2. The number of hydrogen-bond donors (Lipinski definition) is 0. The summed E-state index contributed by atoms with van der Waals surface area (Å²) in [6.07, 6.45) is 1.36. The molecule has 1 aliphatic rings. The van der Waals surface area contributed by atoms with Crippen molar-refractivity contribution in [3.63, 3.8) is 0 Å². The molecule has 17 heavy (non-hydrogen) atoms. The molecule has 0 bridgehead atoms. The van der Waals surface area contributed by atoms with Gasteiger partial charge in [-0.05, 0) is 11.6 Å². The third kappa shape index (κ3) is 2.82. The first-order chi connectivity index (χ1) is 8.06. The minimum atomic E-state index is -0.657. The lowest BCUT2D eigenvalue weighted by molar-refractivity contribution is -0.128. The van der Waals surface area contributed by atoms with Crippen molar-refractivity contribution >= 4 is 17.5 Å². The average molecular weight is 260 g/mol. The summed E-state index contributed by atoms with van der Waals surface area (Å²) in [5.41, 5.74) is 0. The van der Waals surface area contributed by atoms with Gasteiger partial charge in [-0.3, -0.25) is 4.79 Å². The van der Waals surface area contributed by atoms with Crippen LogP contribution in [-0.2, 0) is 4.79 Å². The van der Waals surface area contributed by atoms with Crippen LogP contribution in [0.3, 0.4) is 0 Å². The molecule has 0 saturated carbocycles. The van der Waals surface area contributed by atoms with Crippen molar-refractivity contribution in [1.82, 2.24) is 14.9 Å². The third-order valence-corrected chi connectivity index (χ3v) is 2.73. The van der Waals surface area contributed by atoms with Crippen LogP contribution in [0.4, 0.5) is 4.39 Å². The first kappa shape index (κ1) is 12.0. The van der Waals surface area contributed by atoms with E-state index in [1.807, 2.05) is 0 Å². The lowest BCUT2D eigenvalue weighted by Gasteiger charge is -2.15. The van der Waals surface area contributed by atoms with E-state index in [-0.39, 0.29) is 23.2 Å². The molecule has 1 amide bonds. The zero-order chi connectivity index (χ0) is 12.4. The number of amides is 1. The summed E-state index contributed by atoms with van der Waals surface area (Å²) in [5, 5.41) is -0.0668. The summed E-state index contributed by atoms with van der Waals surface area (Å²) in [4.78, 5) is 19.9. The molecule has 0 aliphatic carbocycles. The molecule has 0 radical (unpaired) electrons. The van der Waals surface area contributed by atoms with Gasteiger partial charge in [0.05, 0.1) is 12.7 Å². The number of carbonyl (C=O) groups excluding carboxylic acids is 1. The molecular formula is C10H11ClFN3O2. The fourth-order valence-corrected chi connectivity index (χ4v) is 1.81. The topological polar surface area (TPSA) is 55.3 Å². The Morgan fingerprint density at radius 3 is 3.12 bits per heavy atom. The number of nitrogens with zero attached hydrogens (tertiary/aromatic N) is 3. The van der Waals surface area contributed by atoms with Gasteiger partial charge in [0.25, 0.3) is 5.88 Å². The quantitative estimate of drug-likeness (QED) is 0.751. The van der Waals surface area contributed by atoms with Crippen LogP contribution < -0.4 is 4.74 Å². The van der Waals surface area contributed by atoms with Gasteiger partial charge in [0, 0.05) is 19.9 Å². The molecule has 2 heterocycles. The van der Waals surface area contributed by atoms with Gasteiger partial charge in [-0.1, -0.05) is 0 Å². The van der Waals surface area contributed by atoms with E-state index >= 15 is 0 Å². The van der Waals surface area contributed by atoms with Crippen LogP contribution in [0.5, 0.6) is 5.88 Å². The van der Waals surface area contributed by atoms with Crippen LogP contribution in [0.25, 0.3) is 0 Å². The highest BCUT2D eigenvalue weighted by Crippen LogP contribution is 2.20. The van der Waals surface area contributed by atoms with Gasteiger partial charge in [-0.25, -0.2) is 4.98 Å². The summed E-state index contributed by atoms with van der Waals surface area (Å²) < 4.78 is 18.7. The monoisotopic (exact) mass is 259 g/mol. The fourth-order valence-electron chi connectivity index (χ4n) is 1.68. The number of rotatable bonds is 2.